The van der Waals surface area contributed by atoms with Gasteiger partial charge >= 0.3 is 0 Å². The lowest BCUT2D eigenvalue weighted by Gasteiger charge is -2.13. The van der Waals surface area contributed by atoms with E-state index in [1.54, 1.807) is 6.07 Å². The number of aliphatic hydroxyl groups is 1. The molecule has 1 aromatic rings. The molecule has 1 aliphatic heterocycles. The van der Waals surface area contributed by atoms with Crippen LogP contribution >= 0.6 is 11.6 Å². The van der Waals surface area contributed by atoms with Crippen molar-refractivity contribution in [3.8, 4) is 0 Å². The van der Waals surface area contributed by atoms with Crippen molar-refractivity contribution >= 4 is 21.6 Å². The maximum atomic E-state index is 12.3. The molecule has 5 nitrogen and oxygen atoms in total. The van der Waals surface area contributed by atoms with Gasteiger partial charge in [0, 0.05) is 13.1 Å². The Balaban J connectivity index is 2.10. The number of nitrogens with one attached hydrogen (secondary N) is 1. The predicted molar refractivity (Wildman–Crippen MR) is 78.2 cm³/mol. The zero-order valence-electron chi connectivity index (χ0n) is 11.3. The number of nitrogens with zero attached hydrogens (tertiary/aromatic N) is 1. The minimum Gasteiger partial charge on any atom is -0.392 e. The molecule has 1 atom stereocenters. The smallest absolute Gasteiger partial charge is 0.242 e. The second-order valence-corrected chi connectivity index (χ2v) is 7.33. The number of halogens is 1. The molecule has 0 radical (unpaired) electrons. The third-order valence-corrected chi connectivity index (χ3v) is 5.42. The van der Waals surface area contributed by atoms with Crippen molar-refractivity contribution in [3.63, 3.8) is 0 Å². The van der Waals surface area contributed by atoms with E-state index in [1.807, 2.05) is 7.05 Å². The van der Waals surface area contributed by atoms with Gasteiger partial charge in [-0.05, 0) is 43.6 Å². The van der Waals surface area contributed by atoms with Crippen LogP contribution in [0.2, 0.25) is 5.02 Å². The summed E-state index contributed by atoms with van der Waals surface area (Å²) >= 11 is 5.95. The van der Waals surface area contributed by atoms with Gasteiger partial charge < -0.3 is 10.0 Å². The molecule has 1 aliphatic rings. The summed E-state index contributed by atoms with van der Waals surface area (Å²) < 4.78 is 27.1. The summed E-state index contributed by atoms with van der Waals surface area (Å²) in [6.45, 7) is 2.08. The number of hydrogen-bond donors (Lipinski definition) is 2. The third kappa shape index (κ3) is 3.71. The van der Waals surface area contributed by atoms with Crippen molar-refractivity contribution in [3.05, 3.63) is 28.8 Å². The number of hydrogen-bond acceptors (Lipinski definition) is 4. The Labute approximate surface area is 124 Å². The van der Waals surface area contributed by atoms with E-state index in [2.05, 4.69) is 9.62 Å². The minimum absolute atomic E-state index is 0.0251. The van der Waals surface area contributed by atoms with Gasteiger partial charge in [0.15, 0.2) is 0 Å². The van der Waals surface area contributed by atoms with Gasteiger partial charge in [0.25, 0.3) is 0 Å². The fourth-order valence-electron chi connectivity index (χ4n) is 2.35. The van der Waals surface area contributed by atoms with Crippen LogP contribution < -0.4 is 4.72 Å². The van der Waals surface area contributed by atoms with Gasteiger partial charge in [-0.3, -0.25) is 0 Å². The van der Waals surface area contributed by atoms with E-state index in [9.17, 15) is 8.42 Å². The second-order valence-electron chi connectivity index (χ2n) is 5.19. The summed E-state index contributed by atoms with van der Waals surface area (Å²) in [7, 11) is -1.62. The van der Waals surface area contributed by atoms with Crippen molar-refractivity contribution in [1.82, 2.24) is 9.62 Å². The molecule has 2 rings (SSSR count). The zero-order chi connectivity index (χ0) is 14.8. The van der Waals surface area contributed by atoms with Crippen LogP contribution in [0.1, 0.15) is 12.0 Å². The number of benzene rings is 1. The first-order chi connectivity index (χ1) is 9.42. The van der Waals surface area contributed by atoms with E-state index < -0.39 is 10.0 Å². The van der Waals surface area contributed by atoms with Crippen LogP contribution in [-0.2, 0) is 16.6 Å². The van der Waals surface area contributed by atoms with E-state index >= 15 is 0 Å². The molecule has 0 aliphatic carbocycles. The number of rotatable bonds is 5. The summed E-state index contributed by atoms with van der Waals surface area (Å²) in [5.74, 6) is 0.328. The van der Waals surface area contributed by atoms with Gasteiger partial charge in [0.1, 0.15) is 4.90 Å². The molecular weight excluding hydrogens is 300 g/mol. The Morgan fingerprint density at radius 3 is 2.85 bits per heavy atom. The van der Waals surface area contributed by atoms with E-state index in [0.29, 0.717) is 18.0 Å². The van der Waals surface area contributed by atoms with Crippen molar-refractivity contribution in [1.29, 1.82) is 0 Å². The van der Waals surface area contributed by atoms with Crippen LogP contribution in [0.5, 0.6) is 0 Å². The lowest BCUT2D eigenvalue weighted by molar-refractivity contribution is 0.281. The molecular formula is C13H19ClN2O3S. The normalized spacial score (nSPS) is 20.4. The van der Waals surface area contributed by atoms with Crippen LogP contribution in [0.3, 0.4) is 0 Å². The SMILES string of the molecule is CN1CCC(CNS(=O)(=O)c2cc(CO)ccc2Cl)C1. The minimum atomic E-state index is -3.64. The molecule has 0 saturated carbocycles. The van der Waals surface area contributed by atoms with E-state index in [4.69, 9.17) is 16.7 Å². The second kappa shape index (κ2) is 6.41. The summed E-state index contributed by atoms with van der Waals surface area (Å²) in [5, 5.41) is 9.25. The lowest BCUT2D eigenvalue weighted by atomic mass is 10.1. The number of likely N-dealkylation sites (tertiary alicyclic amines) is 1. The summed E-state index contributed by atoms with van der Waals surface area (Å²) in [6.07, 6.45) is 0.990. The number of sulfonamides is 1. The van der Waals surface area contributed by atoms with Crippen LogP contribution in [0.25, 0.3) is 0 Å². The summed E-state index contributed by atoms with van der Waals surface area (Å²) in [5.41, 5.74) is 0.523. The first kappa shape index (κ1) is 15.7. The molecule has 112 valence electrons. The van der Waals surface area contributed by atoms with E-state index in [-0.39, 0.29) is 16.5 Å². The molecule has 7 heteroatoms. The van der Waals surface area contributed by atoms with Crippen molar-refractivity contribution in [2.24, 2.45) is 5.92 Å². The molecule has 20 heavy (non-hydrogen) atoms. The predicted octanol–water partition coefficient (Wildman–Crippen LogP) is 1.06. The topological polar surface area (TPSA) is 69.6 Å². The first-order valence-corrected chi connectivity index (χ1v) is 8.36. The summed E-state index contributed by atoms with van der Waals surface area (Å²) in [6, 6.07) is 4.50. The van der Waals surface area contributed by atoms with Crippen LogP contribution in [0, 0.1) is 5.92 Å². The maximum absolute atomic E-state index is 12.3. The van der Waals surface area contributed by atoms with E-state index in [1.165, 1.54) is 12.1 Å². The Hall–Kier alpha value is -0.660. The fraction of sp³-hybridized carbons (Fsp3) is 0.538. The van der Waals surface area contributed by atoms with Crippen molar-refractivity contribution in [2.75, 3.05) is 26.7 Å². The largest absolute Gasteiger partial charge is 0.392 e. The molecule has 1 fully saturated rings. The Kier molecular flexibility index (Phi) is 5.04. The first-order valence-electron chi connectivity index (χ1n) is 6.50. The highest BCUT2D eigenvalue weighted by atomic mass is 35.5. The van der Waals surface area contributed by atoms with E-state index in [0.717, 1.165) is 19.5 Å². The quantitative estimate of drug-likeness (QED) is 0.852. The molecule has 1 aromatic carbocycles. The monoisotopic (exact) mass is 318 g/mol. The highest BCUT2D eigenvalue weighted by Gasteiger charge is 2.23. The molecule has 1 heterocycles. The van der Waals surface area contributed by atoms with Crippen LogP contribution in [0.15, 0.2) is 23.1 Å². The highest BCUT2D eigenvalue weighted by molar-refractivity contribution is 7.89. The number of aliphatic hydroxyl groups excluding tert-OH is 1. The fourth-order valence-corrected chi connectivity index (χ4v) is 4.01. The average Bonchev–Trinajstić information content (AvgIpc) is 2.83. The Bertz CT molecular complexity index is 577. The molecule has 0 aromatic heterocycles. The Morgan fingerprint density at radius 1 is 1.50 bits per heavy atom. The van der Waals surface area contributed by atoms with Gasteiger partial charge in [0.2, 0.25) is 10.0 Å². The van der Waals surface area contributed by atoms with Gasteiger partial charge in [-0.15, -0.1) is 0 Å². The highest BCUT2D eigenvalue weighted by Crippen LogP contribution is 2.23. The van der Waals surface area contributed by atoms with Gasteiger partial charge in [-0.2, -0.15) is 0 Å². The average molecular weight is 319 g/mol. The van der Waals surface area contributed by atoms with Crippen molar-refractivity contribution < 1.29 is 13.5 Å². The molecule has 1 saturated heterocycles. The molecule has 0 spiro atoms. The molecule has 1 unspecified atom stereocenters. The Morgan fingerprint density at radius 2 is 2.25 bits per heavy atom. The maximum Gasteiger partial charge on any atom is 0.242 e. The summed E-state index contributed by atoms with van der Waals surface area (Å²) in [4.78, 5) is 2.20. The molecule has 0 amide bonds. The van der Waals surface area contributed by atoms with Crippen LogP contribution in [-0.4, -0.2) is 45.1 Å². The van der Waals surface area contributed by atoms with Gasteiger partial charge in [-0.1, -0.05) is 17.7 Å². The standard InChI is InChI=1S/C13H19ClN2O3S/c1-16-5-4-11(8-16)7-15-20(18,19)13-6-10(9-17)2-3-12(13)14/h2-3,6,11,15,17H,4-5,7-9H2,1H3. The third-order valence-electron chi connectivity index (χ3n) is 3.52. The molecule has 2 N–H and O–H groups in total. The lowest BCUT2D eigenvalue weighted by Crippen LogP contribution is -2.30. The van der Waals surface area contributed by atoms with Crippen molar-refractivity contribution in [2.45, 2.75) is 17.9 Å². The molecule has 0 bridgehead atoms. The van der Waals surface area contributed by atoms with Crippen LogP contribution in [0.4, 0.5) is 0 Å². The van der Waals surface area contributed by atoms with Gasteiger partial charge in [-0.25, -0.2) is 13.1 Å². The zero-order valence-corrected chi connectivity index (χ0v) is 12.9. The van der Waals surface area contributed by atoms with Gasteiger partial charge in [0.05, 0.1) is 11.6 Å².